The lowest BCUT2D eigenvalue weighted by atomic mass is 10.2. The molecule has 0 spiro atoms. The summed E-state index contributed by atoms with van der Waals surface area (Å²) >= 11 is 0. The number of hydrogen-bond donors (Lipinski definition) is 1. The molecule has 0 aromatic carbocycles. The molecule has 2 unspecified atom stereocenters. The van der Waals surface area contributed by atoms with Crippen molar-refractivity contribution in [3.8, 4) is 0 Å². The molecule has 1 aliphatic rings. The van der Waals surface area contributed by atoms with Crippen LogP contribution in [0, 0.1) is 0 Å². The normalized spacial score (nSPS) is 28.5. The summed E-state index contributed by atoms with van der Waals surface area (Å²) in [4.78, 5) is 0. The quantitative estimate of drug-likeness (QED) is 0.629. The van der Waals surface area contributed by atoms with Gasteiger partial charge in [0.1, 0.15) is 6.10 Å². The van der Waals surface area contributed by atoms with Gasteiger partial charge < -0.3 is 9.47 Å². The van der Waals surface area contributed by atoms with Gasteiger partial charge in [-0.05, 0) is 0 Å². The molecule has 0 aliphatic carbocycles. The summed E-state index contributed by atoms with van der Waals surface area (Å²) < 4.78 is 46.9. The maximum atomic E-state index is 12.7. The largest absolute Gasteiger partial charge is 0.376 e. The average molecular weight is 185 g/mol. The molecule has 0 radical (unpaired) electrons. The third-order valence-corrected chi connectivity index (χ3v) is 1.61. The number of hydrogen-bond acceptors (Lipinski definition) is 3. The van der Waals surface area contributed by atoms with Gasteiger partial charge in [-0.2, -0.15) is 8.78 Å². The highest BCUT2D eigenvalue weighted by atomic mass is 19.3. The third-order valence-electron chi connectivity index (χ3n) is 1.61. The second-order valence-corrected chi connectivity index (χ2v) is 2.51. The van der Waals surface area contributed by atoms with Gasteiger partial charge >= 0.3 is 5.92 Å². The van der Waals surface area contributed by atoms with Crippen molar-refractivity contribution in [3.63, 3.8) is 0 Å². The lowest BCUT2D eigenvalue weighted by Crippen LogP contribution is -2.52. The molecular formula is C6H10F3NO2. The summed E-state index contributed by atoms with van der Waals surface area (Å²) in [5.41, 5.74) is 4.45. The van der Waals surface area contributed by atoms with E-state index in [9.17, 15) is 13.2 Å². The molecule has 0 bridgehead atoms. The summed E-state index contributed by atoms with van der Waals surface area (Å²) in [6.07, 6.45) is -4.27. The van der Waals surface area contributed by atoms with Crippen LogP contribution in [0.25, 0.3) is 0 Å². The van der Waals surface area contributed by atoms with Gasteiger partial charge in [-0.15, -0.1) is 0 Å². The van der Waals surface area contributed by atoms with Crippen LogP contribution in [0.4, 0.5) is 13.2 Å². The number of nitrogens with two attached hydrogens (primary N) is 1. The molecule has 0 aromatic heterocycles. The van der Waals surface area contributed by atoms with Crippen molar-refractivity contribution < 1.29 is 22.6 Å². The van der Waals surface area contributed by atoms with Crippen molar-refractivity contribution in [1.29, 1.82) is 0 Å². The summed E-state index contributed by atoms with van der Waals surface area (Å²) in [6, 6.07) is 0. The van der Waals surface area contributed by atoms with E-state index in [4.69, 9.17) is 4.74 Å². The molecule has 72 valence electrons. The minimum absolute atomic E-state index is 0.0486. The standard InChI is InChI=1S/C6H10F3NO2/c7-5(10)6(8,9)4-3-11-1-2-12-4/h4-5H,1-3,10H2. The van der Waals surface area contributed by atoms with Crippen molar-refractivity contribution in [2.45, 2.75) is 18.3 Å². The summed E-state index contributed by atoms with van der Waals surface area (Å²) in [5, 5.41) is 0. The molecule has 12 heavy (non-hydrogen) atoms. The third kappa shape index (κ3) is 1.88. The van der Waals surface area contributed by atoms with Crippen LogP contribution >= 0.6 is 0 Å². The summed E-state index contributed by atoms with van der Waals surface area (Å²) in [7, 11) is 0. The molecule has 3 nitrogen and oxygen atoms in total. The summed E-state index contributed by atoms with van der Waals surface area (Å²) in [6.45, 7) is -0.00823. The Morgan fingerprint density at radius 2 is 2.08 bits per heavy atom. The van der Waals surface area contributed by atoms with E-state index >= 15 is 0 Å². The fourth-order valence-corrected chi connectivity index (χ4v) is 0.888. The van der Waals surface area contributed by atoms with Crippen LogP contribution < -0.4 is 5.73 Å². The van der Waals surface area contributed by atoms with Crippen LogP contribution in [0.15, 0.2) is 0 Å². The van der Waals surface area contributed by atoms with E-state index in [0.29, 0.717) is 0 Å². The first-order chi connectivity index (χ1) is 5.55. The minimum atomic E-state index is -3.67. The zero-order valence-electron chi connectivity index (χ0n) is 6.30. The van der Waals surface area contributed by atoms with E-state index in [1.165, 1.54) is 0 Å². The first kappa shape index (κ1) is 9.76. The van der Waals surface area contributed by atoms with E-state index in [1.54, 1.807) is 0 Å². The van der Waals surface area contributed by atoms with E-state index in [2.05, 4.69) is 10.5 Å². The highest BCUT2D eigenvalue weighted by Crippen LogP contribution is 2.26. The molecule has 2 N–H and O–H groups in total. The molecule has 6 heteroatoms. The van der Waals surface area contributed by atoms with Gasteiger partial charge in [0.05, 0.1) is 19.8 Å². The van der Waals surface area contributed by atoms with Crippen molar-refractivity contribution in [2.24, 2.45) is 5.73 Å². The molecule has 1 fully saturated rings. The van der Waals surface area contributed by atoms with Gasteiger partial charge in [0, 0.05) is 0 Å². The monoisotopic (exact) mass is 185 g/mol. The first-order valence-electron chi connectivity index (χ1n) is 3.52. The van der Waals surface area contributed by atoms with Gasteiger partial charge in [0.25, 0.3) is 0 Å². The lowest BCUT2D eigenvalue weighted by molar-refractivity contribution is -0.217. The number of halogens is 3. The topological polar surface area (TPSA) is 44.5 Å². The Morgan fingerprint density at radius 3 is 2.50 bits per heavy atom. The predicted octanol–water partition coefficient (Wildman–Crippen LogP) is 0.291. The molecule has 1 rings (SSSR count). The number of rotatable bonds is 2. The summed E-state index contributed by atoms with van der Waals surface area (Å²) in [5.74, 6) is -3.67. The smallest absolute Gasteiger partial charge is 0.319 e. The Morgan fingerprint density at radius 1 is 1.42 bits per heavy atom. The van der Waals surface area contributed by atoms with Crippen molar-refractivity contribution in [3.05, 3.63) is 0 Å². The molecule has 1 aliphatic heterocycles. The number of alkyl halides is 3. The predicted molar refractivity (Wildman–Crippen MR) is 34.6 cm³/mol. The van der Waals surface area contributed by atoms with E-state index in [0.717, 1.165) is 0 Å². The Balaban J connectivity index is 2.53. The van der Waals surface area contributed by atoms with Crippen LogP contribution in [0.1, 0.15) is 0 Å². The molecule has 0 saturated carbocycles. The Labute approximate surface area is 67.6 Å². The van der Waals surface area contributed by atoms with Gasteiger partial charge in [0.15, 0.2) is 0 Å². The van der Waals surface area contributed by atoms with E-state index in [1.807, 2.05) is 0 Å². The SMILES string of the molecule is NC(F)C(F)(F)C1COCCO1. The fraction of sp³-hybridized carbons (Fsp3) is 1.00. The van der Waals surface area contributed by atoms with Gasteiger partial charge in [-0.1, -0.05) is 0 Å². The minimum Gasteiger partial charge on any atom is -0.376 e. The highest BCUT2D eigenvalue weighted by Gasteiger charge is 2.48. The zero-order valence-corrected chi connectivity index (χ0v) is 6.30. The molecule has 1 saturated heterocycles. The van der Waals surface area contributed by atoms with Crippen LogP contribution in [0.2, 0.25) is 0 Å². The number of ether oxygens (including phenoxy) is 2. The maximum Gasteiger partial charge on any atom is 0.319 e. The maximum absolute atomic E-state index is 12.7. The van der Waals surface area contributed by atoms with Gasteiger partial charge in [-0.3, -0.25) is 5.73 Å². The molecule has 0 aromatic rings. The van der Waals surface area contributed by atoms with Crippen LogP contribution in [0.5, 0.6) is 0 Å². The fourth-order valence-electron chi connectivity index (χ4n) is 0.888. The molecule has 2 atom stereocenters. The van der Waals surface area contributed by atoms with E-state index < -0.39 is 18.3 Å². The van der Waals surface area contributed by atoms with Crippen molar-refractivity contribution >= 4 is 0 Å². The zero-order chi connectivity index (χ0) is 9.19. The van der Waals surface area contributed by atoms with Gasteiger partial charge in [0.2, 0.25) is 6.30 Å². The second-order valence-electron chi connectivity index (χ2n) is 2.51. The van der Waals surface area contributed by atoms with Gasteiger partial charge in [-0.25, -0.2) is 4.39 Å². The van der Waals surface area contributed by atoms with E-state index in [-0.39, 0.29) is 19.8 Å². The van der Waals surface area contributed by atoms with Crippen molar-refractivity contribution in [1.82, 2.24) is 0 Å². The van der Waals surface area contributed by atoms with Crippen LogP contribution in [-0.4, -0.2) is 38.1 Å². The van der Waals surface area contributed by atoms with Crippen LogP contribution in [-0.2, 0) is 9.47 Å². The molecular weight excluding hydrogens is 175 g/mol. The van der Waals surface area contributed by atoms with Crippen molar-refractivity contribution in [2.75, 3.05) is 19.8 Å². The Hall–Kier alpha value is -0.330. The molecule has 1 heterocycles. The first-order valence-corrected chi connectivity index (χ1v) is 3.52. The highest BCUT2D eigenvalue weighted by molar-refractivity contribution is 4.83. The average Bonchev–Trinajstić information content (AvgIpc) is 2.06. The molecule has 0 amide bonds. The second kappa shape index (κ2) is 3.59. The Kier molecular flexibility index (Phi) is 2.92. The Bertz CT molecular complexity index is 148. The van der Waals surface area contributed by atoms with Crippen LogP contribution in [0.3, 0.4) is 0 Å². The lowest BCUT2D eigenvalue weighted by Gasteiger charge is -2.30.